The van der Waals surface area contributed by atoms with E-state index in [4.69, 9.17) is 0 Å². The first kappa shape index (κ1) is 15.7. The van der Waals surface area contributed by atoms with E-state index in [-0.39, 0.29) is 5.91 Å². The molecule has 23 heavy (non-hydrogen) atoms. The summed E-state index contributed by atoms with van der Waals surface area (Å²) in [6.07, 6.45) is 6.51. The van der Waals surface area contributed by atoms with Gasteiger partial charge in [0.2, 0.25) is 5.91 Å². The molecule has 0 spiro atoms. The molecule has 1 aromatic heterocycles. The van der Waals surface area contributed by atoms with E-state index in [0.717, 1.165) is 30.9 Å². The van der Waals surface area contributed by atoms with Crippen LogP contribution >= 0.6 is 0 Å². The molecule has 2 heterocycles. The molecular weight excluding hydrogens is 288 g/mol. The molecule has 5 nitrogen and oxygen atoms in total. The van der Waals surface area contributed by atoms with Gasteiger partial charge in [0.05, 0.1) is 12.1 Å². The van der Waals surface area contributed by atoms with Gasteiger partial charge in [-0.2, -0.15) is 5.10 Å². The van der Waals surface area contributed by atoms with Crippen molar-refractivity contribution < 1.29 is 4.79 Å². The van der Waals surface area contributed by atoms with Crippen LogP contribution in [0, 0.1) is 0 Å². The molecule has 0 saturated carbocycles. The van der Waals surface area contributed by atoms with Crippen LogP contribution in [0.25, 0.3) is 5.69 Å². The van der Waals surface area contributed by atoms with Crippen LogP contribution in [-0.2, 0) is 11.2 Å². The van der Waals surface area contributed by atoms with Gasteiger partial charge >= 0.3 is 0 Å². The molecule has 1 atom stereocenters. The van der Waals surface area contributed by atoms with Crippen molar-refractivity contribution in [1.29, 1.82) is 0 Å². The highest BCUT2D eigenvalue weighted by Crippen LogP contribution is 2.15. The molecule has 1 aromatic carbocycles. The highest BCUT2D eigenvalue weighted by molar-refractivity contribution is 5.78. The van der Waals surface area contributed by atoms with Crippen LogP contribution in [0.5, 0.6) is 0 Å². The molecule has 0 bridgehead atoms. The molecule has 0 radical (unpaired) electrons. The second kappa shape index (κ2) is 7.42. The van der Waals surface area contributed by atoms with E-state index in [9.17, 15) is 4.79 Å². The van der Waals surface area contributed by atoms with Gasteiger partial charge in [0.15, 0.2) is 0 Å². The van der Waals surface area contributed by atoms with E-state index in [1.165, 1.54) is 12.8 Å². The molecule has 1 aliphatic rings. The topological polar surface area (TPSA) is 50.2 Å². The van der Waals surface area contributed by atoms with E-state index < -0.39 is 0 Å². The SMILES string of the molecule is CCN1CCC[C@H]1CNC(=O)Cc1ccc(-n2cccn2)cc1. The van der Waals surface area contributed by atoms with Gasteiger partial charge in [-0.1, -0.05) is 19.1 Å². The lowest BCUT2D eigenvalue weighted by Gasteiger charge is -2.22. The van der Waals surface area contributed by atoms with Crippen LogP contribution in [0.15, 0.2) is 42.7 Å². The minimum absolute atomic E-state index is 0.0970. The number of nitrogens with zero attached hydrogens (tertiary/aromatic N) is 3. The smallest absolute Gasteiger partial charge is 0.224 e. The molecule has 1 fully saturated rings. The predicted octanol–water partition coefficient (Wildman–Crippen LogP) is 2.02. The van der Waals surface area contributed by atoms with Crippen LogP contribution in [0.2, 0.25) is 0 Å². The molecule has 122 valence electrons. The number of hydrogen-bond acceptors (Lipinski definition) is 3. The number of hydrogen-bond donors (Lipinski definition) is 1. The van der Waals surface area contributed by atoms with Crippen LogP contribution in [0.3, 0.4) is 0 Å². The van der Waals surface area contributed by atoms with Crippen molar-refractivity contribution in [1.82, 2.24) is 20.0 Å². The molecule has 0 unspecified atom stereocenters. The Morgan fingerprint density at radius 2 is 2.17 bits per heavy atom. The summed E-state index contributed by atoms with van der Waals surface area (Å²) in [5, 5.41) is 7.28. The van der Waals surface area contributed by atoms with Crippen molar-refractivity contribution >= 4 is 5.91 Å². The number of aromatic nitrogens is 2. The van der Waals surface area contributed by atoms with Crippen molar-refractivity contribution in [2.75, 3.05) is 19.6 Å². The van der Waals surface area contributed by atoms with Crippen molar-refractivity contribution in [3.05, 3.63) is 48.3 Å². The third-order valence-electron chi connectivity index (χ3n) is 4.51. The maximum atomic E-state index is 12.1. The lowest BCUT2D eigenvalue weighted by atomic mass is 10.1. The summed E-state index contributed by atoms with van der Waals surface area (Å²) in [4.78, 5) is 14.6. The van der Waals surface area contributed by atoms with Crippen LogP contribution in [-0.4, -0.2) is 46.3 Å². The first-order valence-electron chi connectivity index (χ1n) is 8.36. The third-order valence-corrected chi connectivity index (χ3v) is 4.51. The number of likely N-dealkylation sites (N-methyl/N-ethyl adjacent to an activating group) is 1. The van der Waals surface area contributed by atoms with Gasteiger partial charge in [-0.3, -0.25) is 9.69 Å². The summed E-state index contributed by atoms with van der Waals surface area (Å²) in [6.45, 7) is 5.17. The Morgan fingerprint density at radius 3 is 2.87 bits per heavy atom. The van der Waals surface area contributed by atoms with Crippen molar-refractivity contribution in [2.45, 2.75) is 32.2 Å². The van der Waals surface area contributed by atoms with Crippen molar-refractivity contribution in [2.24, 2.45) is 0 Å². The fourth-order valence-electron chi connectivity index (χ4n) is 3.21. The number of rotatable bonds is 6. The fourth-order valence-corrected chi connectivity index (χ4v) is 3.21. The summed E-state index contributed by atoms with van der Waals surface area (Å²) < 4.78 is 1.81. The first-order chi connectivity index (χ1) is 11.3. The van der Waals surface area contributed by atoms with Gasteiger partial charge < -0.3 is 5.32 Å². The Labute approximate surface area is 137 Å². The van der Waals surface area contributed by atoms with E-state index in [1.54, 1.807) is 6.20 Å². The van der Waals surface area contributed by atoms with Gasteiger partial charge in [0, 0.05) is 25.0 Å². The number of likely N-dealkylation sites (tertiary alicyclic amines) is 1. The molecule has 1 amide bonds. The highest BCUT2D eigenvalue weighted by Gasteiger charge is 2.22. The number of nitrogens with one attached hydrogen (secondary N) is 1. The molecular formula is C18H24N4O. The molecule has 2 aromatic rings. The average Bonchev–Trinajstić information content (AvgIpc) is 3.25. The van der Waals surface area contributed by atoms with E-state index in [2.05, 4.69) is 22.2 Å². The van der Waals surface area contributed by atoms with Crippen molar-refractivity contribution in [3.8, 4) is 5.69 Å². The largest absolute Gasteiger partial charge is 0.354 e. The number of carbonyl (C=O) groups excluding carboxylic acids is 1. The average molecular weight is 312 g/mol. The summed E-state index contributed by atoms with van der Waals surface area (Å²) >= 11 is 0. The van der Waals surface area contributed by atoms with E-state index >= 15 is 0 Å². The first-order valence-corrected chi connectivity index (χ1v) is 8.36. The molecule has 1 aliphatic heterocycles. The Hall–Kier alpha value is -2.14. The summed E-state index contributed by atoms with van der Waals surface area (Å²) in [5.41, 5.74) is 2.03. The molecule has 3 rings (SSSR count). The van der Waals surface area contributed by atoms with Gasteiger partial charge in [-0.05, 0) is 49.7 Å². The van der Waals surface area contributed by atoms with E-state index in [0.29, 0.717) is 12.5 Å². The van der Waals surface area contributed by atoms with Crippen molar-refractivity contribution in [3.63, 3.8) is 0 Å². The fraction of sp³-hybridized carbons (Fsp3) is 0.444. The van der Waals surface area contributed by atoms with Gasteiger partial charge in [-0.15, -0.1) is 0 Å². The number of benzene rings is 1. The Morgan fingerprint density at radius 1 is 1.35 bits per heavy atom. The van der Waals surface area contributed by atoms with Crippen LogP contribution in [0.1, 0.15) is 25.3 Å². The zero-order valence-corrected chi connectivity index (χ0v) is 13.6. The normalized spacial score (nSPS) is 18.2. The number of carbonyl (C=O) groups is 1. The second-order valence-corrected chi connectivity index (χ2v) is 6.02. The lowest BCUT2D eigenvalue weighted by molar-refractivity contribution is -0.120. The summed E-state index contributed by atoms with van der Waals surface area (Å²) in [6, 6.07) is 10.4. The van der Waals surface area contributed by atoms with Gasteiger partial charge in [-0.25, -0.2) is 4.68 Å². The van der Waals surface area contributed by atoms with E-state index in [1.807, 2.05) is 41.2 Å². The standard InChI is InChI=1S/C18H24N4O/c1-2-21-11-3-5-17(21)14-19-18(23)13-15-6-8-16(9-7-15)22-12-4-10-20-22/h4,6-10,12,17H,2-3,5,11,13-14H2,1H3,(H,19,23)/t17-/m0/s1. The third kappa shape index (κ3) is 3.99. The highest BCUT2D eigenvalue weighted by atomic mass is 16.1. The summed E-state index contributed by atoms with van der Waals surface area (Å²) in [7, 11) is 0. The minimum atomic E-state index is 0.0970. The van der Waals surface area contributed by atoms with Crippen LogP contribution in [0.4, 0.5) is 0 Å². The predicted molar refractivity (Wildman–Crippen MR) is 90.5 cm³/mol. The Bertz CT molecular complexity index is 621. The second-order valence-electron chi connectivity index (χ2n) is 6.02. The molecule has 1 saturated heterocycles. The van der Waals surface area contributed by atoms with Gasteiger partial charge in [0.1, 0.15) is 0 Å². The lowest BCUT2D eigenvalue weighted by Crippen LogP contribution is -2.40. The molecule has 1 N–H and O–H groups in total. The zero-order chi connectivity index (χ0) is 16.1. The monoisotopic (exact) mass is 312 g/mol. The van der Waals surface area contributed by atoms with Crippen LogP contribution < -0.4 is 5.32 Å². The minimum Gasteiger partial charge on any atom is -0.354 e. The maximum absolute atomic E-state index is 12.1. The zero-order valence-electron chi connectivity index (χ0n) is 13.6. The maximum Gasteiger partial charge on any atom is 0.224 e. The molecule has 5 heteroatoms. The Kier molecular flexibility index (Phi) is 5.08. The quantitative estimate of drug-likeness (QED) is 0.888. The van der Waals surface area contributed by atoms with Gasteiger partial charge in [0.25, 0.3) is 0 Å². The summed E-state index contributed by atoms with van der Waals surface area (Å²) in [5.74, 6) is 0.0970. The molecule has 0 aliphatic carbocycles. The Balaban J connectivity index is 1.50. The number of amides is 1.